The van der Waals surface area contributed by atoms with Gasteiger partial charge in [-0.15, -0.1) is 0 Å². The van der Waals surface area contributed by atoms with Gasteiger partial charge < -0.3 is 4.57 Å². The fourth-order valence-corrected chi connectivity index (χ4v) is 3.11. The Morgan fingerprint density at radius 3 is 2.58 bits per heavy atom. The molecule has 1 fully saturated rings. The highest BCUT2D eigenvalue weighted by Gasteiger charge is 2.13. The second-order valence-electron chi connectivity index (χ2n) is 5.62. The van der Waals surface area contributed by atoms with Crippen LogP contribution in [0, 0.1) is 5.82 Å². The summed E-state index contributed by atoms with van der Waals surface area (Å²) in [5.41, 5.74) is 2.37. The van der Waals surface area contributed by atoms with Crippen LogP contribution in [0.4, 0.5) is 4.39 Å². The molecule has 1 aliphatic rings. The molecule has 3 rings (SSSR count). The molecule has 0 saturated carbocycles. The first-order valence-corrected chi connectivity index (χ1v) is 7.20. The van der Waals surface area contributed by atoms with Gasteiger partial charge in [0.25, 0.3) is 0 Å². The van der Waals surface area contributed by atoms with Crippen molar-refractivity contribution in [2.24, 2.45) is 7.05 Å². The lowest BCUT2D eigenvalue weighted by atomic mass is 10.1. The van der Waals surface area contributed by atoms with Crippen LogP contribution in [-0.4, -0.2) is 22.6 Å². The summed E-state index contributed by atoms with van der Waals surface area (Å²) >= 11 is 0. The van der Waals surface area contributed by atoms with Gasteiger partial charge in [0.15, 0.2) is 0 Å². The molecule has 1 saturated heterocycles. The largest absolute Gasteiger partial charge is 0.350 e. The van der Waals surface area contributed by atoms with Gasteiger partial charge in [-0.3, -0.25) is 4.90 Å². The number of nitrogens with zero attached hydrogens (tertiary/aromatic N) is 2. The molecular weight excluding hydrogens is 239 g/mol. The van der Waals surface area contributed by atoms with Crippen LogP contribution >= 0.6 is 0 Å². The standard InChI is InChI=1S/C16H21FN2/c1-18-11-13(12-19-8-4-2-3-5-9-19)15-10-14(17)6-7-16(15)18/h6-7,10-11H,2-5,8-9,12H2,1H3. The molecule has 0 atom stereocenters. The molecule has 2 aromatic rings. The Bertz CT molecular complexity index is 565. The van der Waals surface area contributed by atoms with E-state index in [1.165, 1.54) is 50.4 Å². The number of aromatic nitrogens is 1. The van der Waals surface area contributed by atoms with E-state index in [-0.39, 0.29) is 5.82 Å². The van der Waals surface area contributed by atoms with Gasteiger partial charge in [0.1, 0.15) is 5.82 Å². The predicted molar refractivity (Wildman–Crippen MR) is 76.6 cm³/mol. The van der Waals surface area contributed by atoms with Crippen molar-refractivity contribution in [3.63, 3.8) is 0 Å². The van der Waals surface area contributed by atoms with Crippen molar-refractivity contribution in [1.82, 2.24) is 9.47 Å². The van der Waals surface area contributed by atoms with Gasteiger partial charge in [0, 0.05) is 30.7 Å². The highest BCUT2D eigenvalue weighted by Crippen LogP contribution is 2.24. The maximum absolute atomic E-state index is 13.4. The molecule has 0 aliphatic carbocycles. The molecule has 2 heterocycles. The zero-order chi connectivity index (χ0) is 13.2. The Hall–Kier alpha value is -1.35. The molecule has 0 radical (unpaired) electrons. The molecule has 0 amide bonds. The molecule has 102 valence electrons. The van der Waals surface area contributed by atoms with E-state index >= 15 is 0 Å². The number of hydrogen-bond acceptors (Lipinski definition) is 1. The van der Waals surface area contributed by atoms with Crippen molar-refractivity contribution in [1.29, 1.82) is 0 Å². The minimum atomic E-state index is -0.143. The highest BCUT2D eigenvalue weighted by molar-refractivity contribution is 5.84. The average molecular weight is 260 g/mol. The van der Waals surface area contributed by atoms with Crippen LogP contribution in [0.1, 0.15) is 31.2 Å². The Labute approximate surface area is 113 Å². The molecule has 3 heteroatoms. The van der Waals surface area contributed by atoms with Gasteiger partial charge in [-0.2, -0.15) is 0 Å². The third-order valence-corrected chi connectivity index (χ3v) is 4.13. The van der Waals surface area contributed by atoms with Gasteiger partial charge in [-0.1, -0.05) is 12.8 Å². The third kappa shape index (κ3) is 2.66. The summed E-state index contributed by atoms with van der Waals surface area (Å²) in [4.78, 5) is 2.51. The lowest BCUT2D eigenvalue weighted by molar-refractivity contribution is 0.278. The summed E-state index contributed by atoms with van der Waals surface area (Å²) in [5, 5.41) is 1.06. The molecule has 19 heavy (non-hydrogen) atoms. The average Bonchev–Trinajstić information content (AvgIpc) is 2.58. The van der Waals surface area contributed by atoms with Crippen LogP contribution < -0.4 is 0 Å². The quantitative estimate of drug-likeness (QED) is 0.799. The molecule has 0 spiro atoms. The Balaban J connectivity index is 1.89. The third-order valence-electron chi connectivity index (χ3n) is 4.13. The van der Waals surface area contributed by atoms with Crippen LogP contribution in [0.2, 0.25) is 0 Å². The fourth-order valence-electron chi connectivity index (χ4n) is 3.11. The summed E-state index contributed by atoms with van der Waals surface area (Å²) in [6, 6.07) is 5.08. The number of hydrogen-bond donors (Lipinski definition) is 0. The minimum absolute atomic E-state index is 0.143. The van der Waals surface area contributed by atoms with Crippen LogP contribution in [0.15, 0.2) is 24.4 Å². The van der Waals surface area contributed by atoms with Gasteiger partial charge in [-0.05, 0) is 49.7 Å². The Morgan fingerprint density at radius 2 is 1.84 bits per heavy atom. The maximum atomic E-state index is 13.4. The topological polar surface area (TPSA) is 8.17 Å². The van der Waals surface area contributed by atoms with Gasteiger partial charge >= 0.3 is 0 Å². The zero-order valence-corrected chi connectivity index (χ0v) is 11.5. The maximum Gasteiger partial charge on any atom is 0.123 e. The Kier molecular flexibility index (Phi) is 3.56. The van der Waals surface area contributed by atoms with E-state index in [1.54, 1.807) is 6.07 Å². The van der Waals surface area contributed by atoms with Crippen LogP contribution in [0.5, 0.6) is 0 Å². The molecule has 1 aromatic carbocycles. The number of likely N-dealkylation sites (tertiary alicyclic amines) is 1. The van der Waals surface area contributed by atoms with Gasteiger partial charge in [0.05, 0.1) is 0 Å². The first kappa shape index (κ1) is 12.7. The number of aryl methyl sites for hydroxylation is 1. The molecular formula is C16H21FN2. The molecule has 1 aliphatic heterocycles. The van der Waals surface area contributed by atoms with Crippen LogP contribution in [-0.2, 0) is 13.6 Å². The highest BCUT2D eigenvalue weighted by atomic mass is 19.1. The first-order valence-electron chi connectivity index (χ1n) is 7.20. The molecule has 1 aromatic heterocycles. The smallest absolute Gasteiger partial charge is 0.123 e. The van der Waals surface area contributed by atoms with E-state index < -0.39 is 0 Å². The van der Waals surface area contributed by atoms with Gasteiger partial charge in [-0.25, -0.2) is 4.39 Å². The van der Waals surface area contributed by atoms with E-state index in [9.17, 15) is 4.39 Å². The van der Waals surface area contributed by atoms with Crippen LogP contribution in [0.3, 0.4) is 0 Å². The lowest BCUT2D eigenvalue weighted by Crippen LogP contribution is -2.23. The molecule has 0 unspecified atom stereocenters. The number of fused-ring (bicyclic) bond motifs is 1. The summed E-state index contributed by atoms with van der Waals surface area (Å²) in [7, 11) is 2.03. The summed E-state index contributed by atoms with van der Waals surface area (Å²) in [6.45, 7) is 3.29. The van der Waals surface area contributed by atoms with Crippen molar-refractivity contribution in [2.75, 3.05) is 13.1 Å². The van der Waals surface area contributed by atoms with E-state index in [0.29, 0.717) is 0 Å². The number of halogens is 1. The molecule has 2 nitrogen and oxygen atoms in total. The molecule has 0 N–H and O–H groups in total. The second kappa shape index (κ2) is 5.33. The van der Waals surface area contributed by atoms with E-state index in [4.69, 9.17) is 0 Å². The zero-order valence-electron chi connectivity index (χ0n) is 11.5. The Morgan fingerprint density at radius 1 is 1.11 bits per heavy atom. The van der Waals surface area contributed by atoms with E-state index in [1.807, 2.05) is 13.1 Å². The lowest BCUT2D eigenvalue weighted by Gasteiger charge is -2.19. The fraction of sp³-hybridized carbons (Fsp3) is 0.500. The summed E-state index contributed by atoms with van der Waals surface area (Å²) in [5.74, 6) is -0.143. The van der Waals surface area contributed by atoms with Crippen molar-refractivity contribution in [2.45, 2.75) is 32.2 Å². The monoisotopic (exact) mass is 260 g/mol. The van der Waals surface area contributed by atoms with Crippen LogP contribution in [0.25, 0.3) is 10.9 Å². The SMILES string of the molecule is Cn1cc(CN2CCCCCC2)c2cc(F)ccc21. The second-order valence-corrected chi connectivity index (χ2v) is 5.62. The normalized spacial score (nSPS) is 17.8. The van der Waals surface area contributed by atoms with E-state index in [2.05, 4.69) is 15.7 Å². The van der Waals surface area contributed by atoms with Crippen molar-refractivity contribution in [3.8, 4) is 0 Å². The minimum Gasteiger partial charge on any atom is -0.350 e. The van der Waals surface area contributed by atoms with Crippen molar-refractivity contribution >= 4 is 10.9 Å². The summed E-state index contributed by atoms with van der Waals surface area (Å²) in [6.07, 6.45) is 7.43. The molecule has 0 bridgehead atoms. The predicted octanol–water partition coefficient (Wildman–Crippen LogP) is 3.69. The summed E-state index contributed by atoms with van der Waals surface area (Å²) < 4.78 is 15.5. The van der Waals surface area contributed by atoms with Crippen molar-refractivity contribution in [3.05, 3.63) is 35.8 Å². The van der Waals surface area contributed by atoms with E-state index in [0.717, 1.165) is 17.4 Å². The number of benzene rings is 1. The van der Waals surface area contributed by atoms with Gasteiger partial charge in [0.2, 0.25) is 0 Å². The van der Waals surface area contributed by atoms with Crippen molar-refractivity contribution < 1.29 is 4.39 Å². The first-order chi connectivity index (χ1) is 9.24. The number of rotatable bonds is 2.